The highest BCUT2D eigenvalue weighted by Crippen LogP contribution is 2.18. The van der Waals surface area contributed by atoms with Crippen molar-refractivity contribution in [3.8, 4) is 5.75 Å². The zero-order valence-electron chi connectivity index (χ0n) is 7.05. The van der Waals surface area contributed by atoms with Gasteiger partial charge < -0.3 is 4.74 Å². The van der Waals surface area contributed by atoms with Gasteiger partial charge in [0.15, 0.2) is 0 Å². The molecular formula is C10H13O. The summed E-state index contributed by atoms with van der Waals surface area (Å²) in [5, 5.41) is 0. The maximum atomic E-state index is 5.28. The lowest BCUT2D eigenvalue weighted by Crippen LogP contribution is -1.93. The molecule has 0 aliphatic heterocycles. The summed E-state index contributed by atoms with van der Waals surface area (Å²) in [4.78, 5) is 0. The summed E-state index contributed by atoms with van der Waals surface area (Å²) in [7, 11) is 0. The van der Waals surface area contributed by atoms with Crippen LogP contribution in [0.4, 0.5) is 0 Å². The highest BCUT2D eigenvalue weighted by atomic mass is 16.5. The molecule has 1 rings (SSSR count). The number of ether oxygens (including phenoxy) is 1. The van der Waals surface area contributed by atoms with Crippen LogP contribution in [0.2, 0.25) is 0 Å². The summed E-state index contributed by atoms with van der Waals surface area (Å²) >= 11 is 0. The van der Waals surface area contributed by atoms with E-state index in [1.165, 1.54) is 11.1 Å². The predicted molar refractivity (Wildman–Crippen MR) is 46.8 cm³/mol. The highest BCUT2D eigenvalue weighted by molar-refractivity contribution is 5.35. The van der Waals surface area contributed by atoms with Crippen molar-refractivity contribution in [1.29, 1.82) is 0 Å². The number of hydrogen-bond acceptors (Lipinski definition) is 1. The first-order valence-corrected chi connectivity index (χ1v) is 3.73. The fraction of sp³-hybridized carbons (Fsp3) is 0.300. The molecule has 1 heteroatoms. The maximum Gasteiger partial charge on any atom is 0.122 e. The molecule has 0 aliphatic rings. The molecule has 0 spiro atoms. The van der Waals surface area contributed by atoms with E-state index >= 15 is 0 Å². The molecule has 0 unspecified atom stereocenters. The summed E-state index contributed by atoms with van der Waals surface area (Å²) in [6.07, 6.45) is 0. The van der Waals surface area contributed by atoms with Gasteiger partial charge in [0, 0.05) is 0 Å². The first kappa shape index (κ1) is 8.12. The van der Waals surface area contributed by atoms with E-state index in [1.54, 1.807) is 0 Å². The molecule has 0 amide bonds. The van der Waals surface area contributed by atoms with Crippen LogP contribution in [-0.4, -0.2) is 6.61 Å². The summed E-state index contributed by atoms with van der Waals surface area (Å²) < 4.78 is 5.28. The molecule has 0 bridgehead atoms. The third-order valence-corrected chi connectivity index (χ3v) is 1.59. The van der Waals surface area contributed by atoms with Crippen molar-refractivity contribution in [3.05, 3.63) is 36.2 Å². The van der Waals surface area contributed by atoms with Crippen LogP contribution in [0.3, 0.4) is 0 Å². The quantitative estimate of drug-likeness (QED) is 0.627. The molecule has 0 aromatic heterocycles. The SMILES string of the molecule is [CH2]COc1ccc(C)cc1C. The lowest BCUT2D eigenvalue weighted by Gasteiger charge is -2.06. The molecule has 0 saturated heterocycles. The molecule has 1 aromatic carbocycles. The van der Waals surface area contributed by atoms with E-state index in [-0.39, 0.29) is 0 Å². The molecule has 1 nitrogen and oxygen atoms in total. The van der Waals surface area contributed by atoms with Gasteiger partial charge in [-0.25, -0.2) is 0 Å². The van der Waals surface area contributed by atoms with E-state index in [1.807, 2.05) is 19.1 Å². The first-order chi connectivity index (χ1) is 5.24. The van der Waals surface area contributed by atoms with Gasteiger partial charge >= 0.3 is 0 Å². The van der Waals surface area contributed by atoms with Gasteiger partial charge in [0.05, 0.1) is 6.61 Å². The molecule has 1 radical (unpaired) electrons. The zero-order valence-corrected chi connectivity index (χ0v) is 7.05. The average molecular weight is 149 g/mol. The smallest absolute Gasteiger partial charge is 0.122 e. The molecule has 11 heavy (non-hydrogen) atoms. The van der Waals surface area contributed by atoms with Gasteiger partial charge in [-0.1, -0.05) is 17.7 Å². The van der Waals surface area contributed by atoms with Crippen molar-refractivity contribution in [2.75, 3.05) is 6.61 Å². The van der Waals surface area contributed by atoms with Crippen LogP contribution >= 0.6 is 0 Å². The Labute approximate surface area is 68.0 Å². The van der Waals surface area contributed by atoms with Gasteiger partial charge in [0.2, 0.25) is 0 Å². The maximum absolute atomic E-state index is 5.28. The van der Waals surface area contributed by atoms with Crippen LogP contribution in [0.15, 0.2) is 18.2 Å². The van der Waals surface area contributed by atoms with E-state index in [2.05, 4.69) is 19.9 Å². The normalized spacial score (nSPS) is 9.73. The monoisotopic (exact) mass is 149 g/mol. The van der Waals surface area contributed by atoms with Gasteiger partial charge in [-0.05, 0) is 32.4 Å². The molecule has 1 aromatic rings. The minimum absolute atomic E-state index is 0.490. The fourth-order valence-corrected chi connectivity index (χ4v) is 1.07. The van der Waals surface area contributed by atoms with Gasteiger partial charge in [-0.15, -0.1) is 0 Å². The molecule has 0 atom stereocenters. The summed E-state index contributed by atoms with van der Waals surface area (Å²) in [6.45, 7) is 8.22. The van der Waals surface area contributed by atoms with Crippen molar-refractivity contribution in [1.82, 2.24) is 0 Å². The Kier molecular flexibility index (Phi) is 2.53. The van der Waals surface area contributed by atoms with Crippen LogP contribution in [0.25, 0.3) is 0 Å². The standard InChI is InChI=1S/C10H13O/c1-4-11-10-6-5-8(2)7-9(10)3/h5-7H,1,4H2,2-3H3. The average Bonchev–Trinajstić information content (AvgIpc) is 1.95. The van der Waals surface area contributed by atoms with Crippen LogP contribution < -0.4 is 4.74 Å². The zero-order chi connectivity index (χ0) is 8.27. The van der Waals surface area contributed by atoms with Crippen molar-refractivity contribution in [2.24, 2.45) is 0 Å². The minimum Gasteiger partial charge on any atom is -0.493 e. The molecular weight excluding hydrogens is 136 g/mol. The van der Waals surface area contributed by atoms with Crippen molar-refractivity contribution < 1.29 is 4.74 Å². The van der Waals surface area contributed by atoms with Crippen LogP contribution in [0, 0.1) is 20.8 Å². The number of benzene rings is 1. The second kappa shape index (κ2) is 3.42. The van der Waals surface area contributed by atoms with Gasteiger partial charge in [0.25, 0.3) is 0 Å². The Balaban J connectivity index is 2.90. The summed E-state index contributed by atoms with van der Waals surface area (Å²) in [5.41, 5.74) is 2.44. The molecule has 59 valence electrons. The van der Waals surface area contributed by atoms with Gasteiger partial charge in [-0.3, -0.25) is 0 Å². The number of aryl methyl sites for hydroxylation is 2. The Morgan fingerprint density at radius 2 is 2.09 bits per heavy atom. The van der Waals surface area contributed by atoms with E-state index in [9.17, 15) is 0 Å². The Morgan fingerprint density at radius 1 is 1.36 bits per heavy atom. The summed E-state index contributed by atoms with van der Waals surface area (Å²) in [6, 6.07) is 6.12. The molecule has 0 heterocycles. The highest BCUT2D eigenvalue weighted by Gasteiger charge is 1.96. The van der Waals surface area contributed by atoms with E-state index in [4.69, 9.17) is 4.74 Å². The lowest BCUT2D eigenvalue weighted by atomic mass is 10.1. The Morgan fingerprint density at radius 3 is 2.64 bits per heavy atom. The van der Waals surface area contributed by atoms with Gasteiger partial charge in [0.1, 0.15) is 5.75 Å². The van der Waals surface area contributed by atoms with Crippen molar-refractivity contribution >= 4 is 0 Å². The second-order valence-electron chi connectivity index (χ2n) is 2.62. The number of hydrogen-bond donors (Lipinski definition) is 0. The fourth-order valence-electron chi connectivity index (χ4n) is 1.07. The predicted octanol–water partition coefficient (Wildman–Crippen LogP) is 2.52. The lowest BCUT2D eigenvalue weighted by molar-refractivity contribution is 0.358. The van der Waals surface area contributed by atoms with Gasteiger partial charge in [-0.2, -0.15) is 0 Å². The summed E-state index contributed by atoms with van der Waals surface area (Å²) in [5.74, 6) is 0.936. The second-order valence-corrected chi connectivity index (χ2v) is 2.62. The van der Waals surface area contributed by atoms with Crippen molar-refractivity contribution in [3.63, 3.8) is 0 Å². The Hall–Kier alpha value is -0.980. The van der Waals surface area contributed by atoms with Crippen molar-refractivity contribution in [2.45, 2.75) is 13.8 Å². The Bertz CT molecular complexity index is 241. The first-order valence-electron chi connectivity index (χ1n) is 3.73. The topological polar surface area (TPSA) is 9.23 Å². The molecule has 0 fully saturated rings. The minimum atomic E-state index is 0.490. The van der Waals surface area contributed by atoms with E-state index in [0.717, 1.165) is 5.75 Å². The van der Waals surface area contributed by atoms with Crippen LogP contribution in [0.1, 0.15) is 11.1 Å². The third-order valence-electron chi connectivity index (χ3n) is 1.59. The third kappa shape index (κ3) is 1.97. The molecule has 0 aliphatic carbocycles. The molecule has 0 saturated carbocycles. The number of rotatable bonds is 2. The van der Waals surface area contributed by atoms with Crippen LogP contribution in [-0.2, 0) is 0 Å². The largest absolute Gasteiger partial charge is 0.493 e. The van der Waals surface area contributed by atoms with E-state index in [0.29, 0.717) is 6.61 Å². The van der Waals surface area contributed by atoms with Crippen LogP contribution in [0.5, 0.6) is 5.75 Å². The van der Waals surface area contributed by atoms with E-state index < -0.39 is 0 Å². The molecule has 0 N–H and O–H groups in total.